The van der Waals surface area contributed by atoms with E-state index in [1.165, 1.54) is 24.3 Å². The summed E-state index contributed by atoms with van der Waals surface area (Å²) in [6.07, 6.45) is 1.67. The molecule has 32 heavy (non-hydrogen) atoms. The molecule has 1 amide bonds. The number of nitrogens with zero attached hydrogens (tertiary/aromatic N) is 3. The zero-order valence-electron chi connectivity index (χ0n) is 18.0. The molecule has 1 aromatic carbocycles. The maximum Gasteiger partial charge on any atom is 0.292 e. The summed E-state index contributed by atoms with van der Waals surface area (Å²) < 4.78 is 25.8. The Morgan fingerprint density at radius 3 is 2.59 bits per heavy atom. The third kappa shape index (κ3) is 4.85. The third-order valence-electron chi connectivity index (χ3n) is 4.67. The van der Waals surface area contributed by atoms with E-state index in [1.54, 1.807) is 23.0 Å². The lowest BCUT2D eigenvalue weighted by Gasteiger charge is -2.13. The summed E-state index contributed by atoms with van der Waals surface area (Å²) in [6.45, 7) is 6.25. The molecule has 164 valence electrons. The molecule has 0 aliphatic heterocycles. The number of furan rings is 1. The zero-order chi connectivity index (χ0) is 22.7. The average Bonchev–Trinajstić information content (AvgIpc) is 3.41. The van der Waals surface area contributed by atoms with Crippen LogP contribution in [-0.4, -0.2) is 20.7 Å². The van der Waals surface area contributed by atoms with Crippen LogP contribution in [0.5, 0.6) is 5.75 Å². The fourth-order valence-electron chi connectivity index (χ4n) is 2.93. The van der Waals surface area contributed by atoms with Crippen molar-refractivity contribution in [2.75, 3.05) is 5.32 Å². The first-order valence-electron chi connectivity index (χ1n) is 10.1. The van der Waals surface area contributed by atoms with Crippen molar-refractivity contribution >= 4 is 11.7 Å². The van der Waals surface area contributed by atoms with Crippen molar-refractivity contribution in [1.29, 1.82) is 0 Å². The average molecular weight is 434 g/mol. The molecular weight excluding hydrogens is 411 g/mol. The Balaban J connectivity index is 1.50. The highest BCUT2D eigenvalue weighted by molar-refractivity contribution is 6.02. The Morgan fingerprint density at radius 2 is 1.91 bits per heavy atom. The van der Waals surface area contributed by atoms with E-state index in [0.717, 1.165) is 5.69 Å². The summed E-state index contributed by atoms with van der Waals surface area (Å²) in [4.78, 5) is 17.2. The van der Waals surface area contributed by atoms with Gasteiger partial charge in [0.2, 0.25) is 0 Å². The molecule has 0 saturated heterocycles. The number of nitrogens with one attached hydrogen (secondary N) is 1. The van der Waals surface area contributed by atoms with Crippen molar-refractivity contribution in [1.82, 2.24) is 14.8 Å². The van der Waals surface area contributed by atoms with Gasteiger partial charge in [-0.2, -0.15) is 9.78 Å². The number of pyridine rings is 1. The largest absolute Gasteiger partial charge is 0.486 e. The molecule has 0 saturated carbocycles. The molecule has 0 aliphatic carbocycles. The number of ether oxygens (including phenoxy) is 1. The second kappa shape index (κ2) is 8.66. The fraction of sp³-hybridized carbons (Fsp3) is 0.208. The molecule has 4 rings (SSSR count). The van der Waals surface area contributed by atoms with Crippen LogP contribution >= 0.6 is 0 Å². The molecule has 8 heteroatoms. The highest BCUT2D eigenvalue weighted by Crippen LogP contribution is 2.26. The van der Waals surface area contributed by atoms with Gasteiger partial charge < -0.3 is 14.5 Å². The first-order chi connectivity index (χ1) is 15.3. The number of anilines is 1. The van der Waals surface area contributed by atoms with Gasteiger partial charge in [-0.3, -0.25) is 4.79 Å². The van der Waals surface area contributed by atoms with E-state index in [0.29, 0.717) is 23.1 Å². The predicted molar refractivity (Wildman–Crippen MR) is 117 cm³/mol. The van der Waals surface area contributed by atoms with E-state index in [9.17, 15) is 9.18 Å². The molecule has 3 heterocycles. The van der Waals surface area contributed by atoms with Crippen molar-refractivity contribution in [3.05, 3.63) is 89.9 Å². The van der Waals surface area contributed by atoms with Gasteiger partial charge in [0.15, 0.2) is 11.6 Å². The quantitative estimate of drug-likeness (QED) is 0.455. The summed E-state index contributed by atoms with van der Waals surface area (Å²) in [5.41, 5.74) is 0.598. The minimum absolute atomic E-state index is 0.110. The number of carbonyl (C=O) groups is 1. The van der Waals surface area contributed by atoms with Gasteiger partial charge in [-0.05, 0) is 48.5 Å². The van der Waals surface area contributed by atoms with Crippen LogP contribution in [0.3, 0.4) is 0 Å². The van der Waals surface area contributed by atoms with Crippen molar-refractivity contribution in [2.45, 2.75) is 32.8 Å². The van der Waals surface area contributed by atoms with Crippen LogP contribution in [0.4, 0.5) is 10.2 Å². The third-order valence-corrected chi connectivity index (χ3v) is 4.67. The van der Waals surface area contributed by atoms with E-state index in [-0.39, 0.29) is 23.6 Å². The van der Waals surface area contributed by atoms with Crippen LogP contribution in [-0.2, 0) is 12.0 Å². The number of hydrogen-bond acceptors (Lipinski definition) is 5. The van der Waals surface area contributed by atoms with Gasteiger partial charge in [-0.15, -0.1) is 0 Å². The highest BCUT2D eigenvalue weighted by Gasteiger charge is 2.23. The van der Waals surface area contributed by atoms with Gasteiger partial charge in [-0.25, -0.2) is 9.37 Å². The summed E-state index contributed by atoms with van der Waals surface area (Å²) in [6, 6.07) is 16.2. The Morgan fingerprint density at radius 1 is 1.12 bits per heavy atom. The number of carbonyl (C=O) groups excluding carboxylic acids is 1. The number of halogens is 1. The summed E-state index contributed by atoms with van der Waals surface area (Å²) in [5, 5.41) is 7.49. The minimum atomic E-state index is -0.421. The van der Waals surface area contributed by atoms with Crippen LogP contribution in [0.2, 0.25) is 0 Å². The molecule has 0 bridgehead atoms. The van der Waals surface area contributed by atoms with Crippen molar-refractivity contribution < 1.29 is 18.3 Å². The van der Waals surface area contributed by atoms with Crippen molar-refractivity contribution in [3.63, 3.8) is 0 Å². The molecule has 0 atom stereocenters. The summed E-state index contributed by atoms with van der Waals surface area (Å²) >= 11 is 0. The van der Waals surface area contributed by atoms with Crippen LogP contribution in [0.15, 0.2) is 71.3 Å². The van der Waals surface area contributed by atoms with E-state index >= 15 is 0 Å². The first kappa shape index (κ1) is 21.3. The Labute approximate surface area is 184 Å². The van der Waals surface area contributed by atoms with Crippen LogP contribution in [0.25, 0.3) is 5.82 Å². The Kier molecular flexibility index (Phi) is 5.77. The molecule has 3 aromatic heterocycles. The molecular formula is C24H23FN4O3. The van der Waals surface area contributed by atoms with Gasteiger partial charge in [0, 0.05) is 17.7 Å². The van der Waals surface area contributed by atoms with Gasteiger partial charge in [-0.1, -0.05) is 26.8 Å². The molecule has 0 fully saturated rings. The fourth-order valence-corrected chi connectivity index (χ4v) is 2.93. The number of amides is 1. The maximum atomic E-state index is 13.0. The van der Waals surface area contributed by atoms with Gasteiger partial charge in [0.1, 0.15) is 29.8 Å². The Bertz CT molecular complexity index is 1210. The highest BCUT2D eigenvalue weighted by atomic mass is 19.1. The summed E-state index contributed by atoms with van der Waals surface area (Å²) in [7, 11) is 0. The second-order valence-electron chi connectivity index (χ2n) is 8.23. The first-order valence-corrected chi connectivity index (χ1v) is 10.1. The van der Waals surface area contributed by atoms with Crippen molar-refractivity contribution in [3.8, 4) is 11.6 Å². The zero-order valence-corrected chi connectivity index (χ0v) is 18.0. The lowest BCUT2D eigenvalue weighted by Crippen LogP contribution is -2.15. The number of rotatable bonds is 6. The van der Waals surface area contributed by atoms with E-state index in [1.807, 2.05) is 45.0 Å². The lowest BCUT2D eigenvalue weighted by atomic mass is 9.92. The molecule has 0 unspecified atom stereocenters. The van der Waals surface area contributed by atoms with Gasteiger partial charge >= 0.3 is 0 Å². The SMILES string of the molecule is CC(C)(C)c1cc(NC(=O)c2ccc(COc3ccc(F)cc3)o2)n(-c2ccccn2)n1. The van der Waals surface area contributed by atoms with Crippen LogP contribution in [0, 0.1) is 5.82 Å². The lowest BCUT2D eigenvalue weighted by molar-refractivity contribution is 0.0992. The summed E-state index contributed by atoms with van der Waals surface area (Å²) in [5.74, 6) is 1.42. The van der Waals surface area contributed by atoms with Gasteiger partial charge in [0.25, 0.3) is 5.91 Å². The normalized spacial score (nSPS) is 11.4. The topological polar surface area (TPSA) is 82.2 Å². The maximum absolute atomic E-state index is 13.0. The van der Waals surface area contributed by atoms with Crippen LogP contribution < -0.4 is 10.1 Å². The van der Waals surface area contributed by atoms with E-state index in [2.05, 4.69) is 15.4 Å². The molecule has 0 spiro atoms. The molecule has 1 N–H and O–H groups in total. The number of aromatic nitrogens is 3. The van der Waals surface area contributed by atoms with E-state index < -0.39 is 5.91 Å². The standard InChI is InChI=1S/C24H23FN4O3/c1-24(2,3)20-14-22(29(28-20)21-6-4-5-13-26-21)27-23(30)19-12-11-18(32-19)15-31-17-9-7-16(25)8-10-17/h4-14H,15H2,1-3H3,(H,27,30). The van der Waals surface area contributed by atoms with Crippen LogP contribution in [0.1, 0.15) is 42.8 Å². The predicted octanol–water partition coefficient (Wildman–Crippen LogP) is 5.13. The minimum Gasteiger partial charge on any atom is -0.486 e. The molecule has 4 aromatic rings. The molecule has 0 radical (unpaired) electrons. The Hall–Kier alpha value is -3.94. The number of benzene rings is 1. The van der Waals surface area contributed by atoms with E-state index in [4.69, 9.17) is 9.15 Å². The molecule has 0 aliphatic rings. The monoisotopic (exact) mass is 434 g/mol. The van der Waals surface area contributed by atoms with Crippen molar-refractivity contribution in [2.24, 2.45) is 0 Å². The smallest absolute Gasteiger partial charge is 0.292 e. The van der Waals surface area contributed by atoms with Gasteiger partial charge in [0.05, 0.1) is 5.69 Å². The second-order valence-corrected chi connectivity index (χ2v) is 8.23. The number of hydrogen-bond donors (Lipinski definition) is 1. The molecule has 7 nitrogen and oxygen atoms in total.